The summed E-state index contributed by atoms with van der Waals surface area (Å²) in [6.45, 7) is 0. The number of allylic oxidation sites excluding steroid dienone is 4. The van der Waals surface area contributed by atoms with Gasteiger partial charge in [-0.05, 0) is 60.8 Å². The number of halogens is 1. The molecule has 1 aromatic carbocycles. The van der Waals surface area contributed by atoms with Crippen molar-refractivity contribution in [3.63, 3.8) is 0 Å². The minimum atomic E-state index is -0.231. The minimum absolute atomic E-state index is 0.231. The van der Waals surface area contributed by atoms with E-state index in [0.29, 0.717) is 22.9 Å². The van der Waals surface area contributed by atoms with E-state index in [-0.39, 0.29) is 11.6 Å². The van der Waals surface area contributed by atoms with Gasteiger partial charge in [0.25, 0.3) is 5.91 Å². The van der Waals surface area contributed by atoms with E-state index in [1.807, 2.05) is 42.3 Å². The van der Waals surface area contributed by atoms with Crippen LogP contribution in [0.15, 0.2) is 63.4 Å². The molecule has 5 nitrogen and oxygen atoms in total. The second kappa shape index (κ2) is 6.88. The Labute approximate surface area is 155 Å². The van der Waals surface area contributed by atoms with Crippen LogP contribution in [0.25, 0.3) is 0 Å². The van der Waals surface area contributed by atoms with Crippen molar-refractivity contribution in [2.24, 2.45) is 11.7 Å². The van der Waals surface area contributed by atoms with Crippen LogP contribution in [0.3, 0.4) is 0 Å². The van der Waals surface area contributed by atoms with Crippen LogP contribution in [0.4, 0.5) is 5.69 Å². The number of hydrogen-bond donors (Lipinski definition) is 3. The topological polar surface area (TPSA) is 82.2 Å². The first-order valence-electron chi connectivity index (χ1n) is 8.16. The van der Waals surface area contributed by atoms with Crippen molar-refractivity contribution in [2.75, 3.05) is 19.0 Å². The summed E-state index contributed by atoms with van der Waals surface area (Å²) in [6, 6.07) is 7.70. The highest BCUT2D eigenvalue weighted by Crippen LogP contribution is 2.41. The molecule has 0 unspecified atom stereocenters. The molecule has 4 N–H and O–H groups in total. The molecule has 0 atom stereocenters. The number of nitrogens with zero attached hydrogens (tertiary/aromatic N) is 1. The second-order valence-electron chi connectivity index (χ2n) is 6.26. The number of carbonyl (C=O) groups excluding carboxylic acids is 1. The maximum atomic E-state index is 12.6. The predicted molar refractivity (Wildman–Crippen MR) is 104 cm³/mol. The lowest BCUT2D eigenvalue weighted by atomic mass is 9.92. The van der Waals surface area contributed by atoms with Crippen molar-refractivity contribution in [1.82, 2.24) is 5.32 Å². The van der Waals surface area contributed by atoms with Crippen LogP contribution < -0.4 is 16.0 Å². The fourth-order valence-corrected chi connectivity index (χ4v) is 3.21. The van der Waals surface area contributed by atoms with Gasteiger partial charge >= 0.3 is 0 Å². The fourth-order valence-electron chi connectivity index (χ4n) is 2.94. The number of carbonyl (C=O) groups is 1. The smallest absolute Gasteiger partial charge is 0.268 e. The summed E-state index contributed by atoms with van der Waals surface area (Å²) in [6.07, 6.45) is 5.79. The van der Waals surface area contributed by atoms with Gasteiger partial charge in [0.2, 0.25) is 0 Å². The van der Waals surface area contributed by atoms with Crippen molar-refractivity contribution < 1.29 is 4.79 Å². The van der Waals surface area contributed by atoms with Crippen molar-refractivity contribution in [3.8, 4) is 0 Å². The Morgan fingerprint density at radius 1 is 1.28 bits per heavy atom. The molecule has 1 saturated carbocycles. The Morgan fingerprint density at radius 2 is 1.92 bits per heavy atom. The molecule has 0 aromatic heterocycles. The standard InChI is InChI=1S/C19H21BrN4O/c1-23-19(25)18(24(2)13-7-5-12(20)6-8-13)15-9-14(11-3-4-11)16(21)10-17(15)22/h5-11,22H,3-4,21H2,1-2H3,(H,23,25)/b18-15-,22-17?. The van der Waals surface area contributed by atoms with Crippen molar-refractivity contribution >= 4 is 33.2 Å². The molecule has 2 aliphatic rings. The van der Waals surface area contributed by atoms with Gasteiger partial charge in [-0.25, -0.2) is 0 Å². The van der Waals surface area contributed by atoms with Gasteiger partial charge in [-0.1, -0.05) is 15.9 Å². The number of amides is 1. The maximum absolute atomic E-state index is 12.6. The molecule has 25 heavy (non-hydrogen) atoms. The van der Waals surface area contributed by atoms with E-state index in [0.717, 1.165) is 28.6 Å². The lowest BCUT2D eigenvalue weighted by molar-refractivity contribution is -0.117. The molecule has 1 aromatic rings. The molecular formula is C19H21BrN4O. The Bertz CT molecular complexity index is 816. The van der Waals surface area contributed by atoms with Crippen LogP contribution in [0.5, 0.6) is 0 Å². The quantitative estimate of drug-likeness (QED) is 0.679. The molecule has 3 rings (SSSR count). The molecule has 0 aliphatic heterocycles. The predicted octanol–water partition coefficient (Wildman–Crippen LogP) is 3.10. The first-order chi connectivity index (χ1) is 11.9. The normalized spacial score (nSPS) is 19.1. The highest BCUT2D eigenvalue weighted by Gasteiger charge is 2.31. The monoisotopic (exact) mass is 400 g/mol. The average molecular weight is 401 g/mol. The molecule has 0 bridgehead atoms. The van der Waals surface area contributed by atoms with Crippen LogP contribution >= 0.6 is 15.9 Å². The highest BCUT2D eigenvalue weighted by molar-refractivity contribution is 9.10. The third kappa shape index (κ3) is 3.54. The third-order valence-electron chi connectivity index (χ3n) is 4.49. The largest absolute Gasteiger partial charge is 0.398 e. The van der Waals surface area contributed by atoms with Crippen LogP contribution in [0.1, 0.15) is 12.8 Å². The summed E-state index contributed by atoms with van der Waals surface area (Å²) >= 11 is 3.42. The molecule has 130 valence electrons. The van der Waals surface area contributed by atoms with Gasteiger partial charge in [0, 0.05) is 35.5 Å². The molecule has 0 saturated heterocycles. The molecule has 6 heteroatoms. The zero-order chi connectivity index (χ0) is 18.1. The molecule has 0 spiro atoms. The Hall–Kier alpha value is -2.34. The number of likely N-dealkylation sites (N-methyl/N-ethyl adjacent to an activating group) is 2. The number of benzene rings is 1. The number of anilines is 1. The van der Waals surface area contributed by atoms with Crippen LogP contribution in [-0.2, 0) is 4.79 Å². The number of nitrogens with two attached hydrogens (primary N) is 1. The molecule has 1 fully saturated rings. The first-order valence-corrected chi connectivity index (χ1v) is 8.95. The maximum Gasteiger partial charge on any atom is 0.268 e. The summed E-state index contributed by atoms with van der Waals surface area (Å²) in [4.78, 5) is 14.4. The fraction of sp³-hybridized carbons (Fsp3) is 0.263. The minimum Gasteiger partial charge on any atom is -0.398 e. The molecule has 2 aliphatic carbocycles. The zero-order valence-corrected chi connectivity index (χ0v) is 15.9. The summed E-state index contributed by atoms with van der Waals surface area (Å²) in [7, 11) is 3.43. The van der Waals surface area contributed by atoms with Crippen molar-refractivity contribution in [1.29, 1.82) is 5.41 Å². The van der Waals surface area contributed by atoms with E-state index >= 15 is 0 Å². The van der Waals surface area contributed by atoms with Gasteiger partial charge in [0.1, 0.15) is 5.70 Å². The van der Waals surface area contributed by atoms with E-state index in [1.54, 1.807) is 13.1 Å². The van der Waals surface area contributed by atoms with E-state index in [4.69, 9.17) is 11.1 Å². The molecule has 0 heterocycles. The van der Waals surface area contributed by atoms with Crippen molar-refractivity contribution in [3.05, 3.63) is 63.4 Å². The van der Waals surface area contributed by atoms with E-state index in [9.17, 15) is 4.79 Å². The van der Waals surface area contributed by atoms with Gasteiger partial charge < -0.3 is 21.4 Å². The first kappa shape index (κ1) is 17.5. The molecular weight excluding hydrogens is 380 g/mol. The SMILES string of the molecule is CNC(=O)/C(=C1\C=C(C2CC2)C(N)=CC1=N)N(C)c1ccc(Br)cc1. The lowest BCUT2D eigenvalue weighted by Crippen LogP contribution is -2.33. The van der Waals surface area contributed by atoms with Gasteiger partial charge in [-0.2, -0.15) is 0 Å². The number of hydrogen-bond acceptors (Lipinski definition) is 4. The average Bonchev–Trinajstić information content (AvgIpc) is 3.42. The van der Waals surface area contributed by atoms with E-state index < -0.39 is 0 Å². The summed E-state index contributed by atoms with van der Waals surface area (Å²) in [5, 5.41) is 11.0. The molecule has 0 radical (unpaired) electrons. The van der Waals surface area contributed by atoms with Crippen molar-refractivity contribution in [2.45, 2.75) is 12.8 Å². The summed E-state index contributed by atoms with van der Waals surface area (Å²) in [5.41, 5.74) is 9.93. The van der Waals surface area contributed by atoms with Gasteiger partial charge in [-0.3, -0.25) is 4.79 Å². The number of rotatable bonds is 4. The lowest BCUT2D eigenvalue weighted by Gasteiger charge is -2.26. The second-order valence-corrected chi connectivity index (χ2v) is 7.18. The number of nitrogens with one attached hydrogen (secondary N) is 2. The summed E-state index contributed by atoms with van der Waals surface area (Å²) in [5.74, 6) is 0.216. The van der Waals surface area contributed by atoms with Gasteiger partial charge in [0.05, 0.1) is 5.71 Å². The van der Waals surface area contributed by atoms with E-state index in [1.165, 1.54) is 0 Å². The Morgan fingerprint density at radius 3 is 2.48 bits per heavy atom. The van der Waals surface area contributed by atoms with Crippen LogP contribution in [0, 0.1) is 11.3 Å². The Kier molecular flexibility index (Phi) is 4.81. The summed E-state index contributed by atoms with van der Waals surface area (Å²) < 4.78 is 0.968. The van der Waals surface area contributed by atoms with Crippen LogP contribution in [0.2, 0.25) is 0 Å². The van der Waals surface area contributed by atoms with Crippen LogP contribution in [-0.4, -0.2) is 25.7 Å². The van der Waals surface area contributed by atoms with Gasteiger partial charge in [-0.15, -0.1) is 0 Å². The molecule has 1 amide bonds. The van der Waals surface area contributed by atoms with E-state index in [2.05, 4.69) is 21.2 Å². The zero-order valence-electron chi connectivity index (χ0n) is 14.3. The highest BCUT2D eigenvalue weighted by atomic mass is 79.9. The van der Waals surface area contributed by atoms with Gasteiger partial charge in [0.15, 0.2) is 0 Å². The Balaban J connectivity index is 2.11. The third-order valence-corrected chi connectivity index (χ3v) is 5.02.